The van der Waals surface area contributed by atoms with Crippen LogP contribution in [-0.2, 0) is 0 Å². The van der Waals surface area contributed by atoms with Gasteiger partial charge in [0.15, 0.2) is 0 Å². The second-order valence-electron chi connectivity index (χ2n) is 5.27. The van der Waals surface area contributed by atoms with Gasteiger partial charge in [-0.25, -0.2) is 8.78 Å². The molecule has 0 aromatic heterocycles. The van der Waals surface area contributed by atoms with Gasteiger partial charge in [0.25, 0.3) is 5.91 Å². The Labute approximate surface area is 117 Å². The quantitative estimate of drug-likeness (QED) is 0.891. The lowest BCUT2D eigenvalue weighted by atomic mass is 10.0. The highest BCUT2D eigenvalue weighted by Crippen LogP contribution is 2.14. The Balaban J connectivity index is 1.87. The summed E-state index contributed by atoms with van der Waals surface area (Å²) >= 11 is 0. The average Bonchev–Trinajstić information content (AvgIpc) is 2.44. The lowest BCUT2D eigenvalue weighted by molar-refractivity contribution is 0.0947. The van der Waals surface area contributed by atoms with Crippen LogP contribution in [0.25, 0.3) is 0 Å². The zero-order chi connectivity index (χ0) is 14.5. The van der Waals surface area contributed by atoms with Gasteiger partial charge >= 0.3 is 0 Å². The van der Waals surface area contributed by atoms with E-state index in [9.17, 15) is 13.6 Å². The van der Waals surface area contributed by atoms with Crippen LogP contribution in [0.1, 0.15) is 41.6 Å². The average molecular weight is 282 g/mol. The van der Waals surface area contributed by atoms with E-state index in [1.807, 2.05) is 0 Å². The van der Waals surface area contributed by atoms with E-state index in [0.717, 1.165) is 25.5 Å². The Kier molecular flexibility index (Phi) is 5.06. The van der Waals surface area contributed by atoms with Gasteiger partial charge in [-0.3, -0.25) is 4.79 Å². The minimum absolute atomic E-state index is 0.0968. The van der Waals surface area contributed by atoms with Crippen LogP contribution >= 0.6 is 0 Å². The van der Waals surface area contributed by atoms with Gasteiger partial charge in [-0.05, 0) is 44.4 Å². The maximum Gasteiger partial charge on any atom is 0.254 e. The summed E-state index contributed by atoms with van der Waals surface area (Å²) in [6, 6.07) is 2.43. The van der Waals surface area contributed by atoms with Gasteiger partial charge < -0.3 is 10.6 Å². The molecule has 0 spiro atoms. The van der Waals surface area contributed by atoms with Gasteiger partial charge in [0.2, 0.25) is 0 Å². The standard InChI is InChI=1S/C15H20F2N2O/c1-10-8-12(14(17)9-13(10)16)15(20)19-7-5-11-4-2-3-6-18-11/h8-9,11,18H,2-7H2,1H3,(H,19,20). The highest BCUT2D eigenvalue weighted by molar-refractivity contribution is 5.94. The Morgan fingerprint density at radius 1 is 1.35 bits per heavy atom. The first-order valence-corrected chi connectivity index (χ1v) is 7.05. The summed E-state index contributed by atoms with van der Waals surface area (Å²) in [5.41, 5.74) is 0.172. The zero-order valence-electron chi connectivity index (χ0n) is 11.6. The molecule has 1 aliphatic rings. The predicted molar refractivity (Wildman–Crippen MR) is 73.7 cm³/mol. The molecule has 1 aliphatic heterocycles. The molecule has 0 bridgehead atoms. The van der Waals surface area contributed by atoms with E-state index in [0.29, 0.717) is 12.6 Å². The number of hydrogen-bond donors (Lipinski definition) is 2. The third-order valence-corrected chi connectivity index (χ3v) is 3.68. The molecule has 3 nitrogen and oxygen atoms in total. The fourth-order valence-corrected chi connectivity index (χ4v) is 2.46. The van der Waals surface area contributed by atoms with Crippen LogP contribution in [0.15, 0.2) is 12.1 Å². The van der Waals surface area contributed by atoms with Crippen molar-refractivity contribution in [2.75, 3.05) is 13.1 Å². The molecule has 110 valence electrons. The maximum atomic E-state index is 13.5. The van der Waals surface area contributed by atoms with Crippen molar-refractivity contribution >= 4 is 5.91 Å². The maximum absolute atomic E-state index is 13.5. The predicted octanol–water partition coefficient (Wildman–Crippen LogP) is 2.54. The van der Waals surface area contributed by atoms with Crippen LogP contribution in [0.2, 0.25) is 0 Å². The van der Waals surface area contributed by atoms with Crippen molar-refractivity contribution < 1.29 is 13.6 Å². The van der Waals surface area contributed by atoms with E-state index in [-0.39, 0.29) is 11.1 Å². The molecule has 1 atom stereocenters. The number of piperidine rings is 1. The van der Waals surface area contributed by atoms with Crippen LogP contribution < -0.4 is 10.6 Å². The highest BCUT2D eigenvalue weighted by atomic mass is 19.1. The fraction of sp³-hybridized carbons (Fsp3) is 0.533. The van der Waals surface area contributed by atoms with Gasteiger partial charge in [-0.1, -0.05) is 6.42 Å². The molecule has 0 radical (unpaired) electrons. The van der Waals surface area contributed by atoms with Crippen molar-refractivity contribution in [1.82, 2.24) is 10.6 Å². The van der Waals surface area contributed by atoms with Gasteiger partial charge in [-0.2, -0.15) is 0 Å². The molecule has 0 aliphatic carbocycles. The Morgan fingerprint density at radius 3 is 2.85 bits per heavy atom. The molecule has 20 heavy (non-hydrogen) atoms. The fourth-order valence-electron chi connectivity index (χ4n) is 2.46. The normalized spacial score (nSPS) is 18.9. The van der Waals surface area contributed by atoms with E-state index in [2.05, 4.69) is 10.6 Å². The van der Waals surface area contributed by atoms with E-state index in [4.69, 9.17) is 0 Å². The van der Waals surface area contributed by atoms with Crippen molar-refractivity contribution in [3.63, 3.8) is 0 Å². The molecule has 1 heterocycles. The summed E-state index contributed by atoms with van der Waals surface area (Å²) < 4.78 is 26.7. The molecular formula is C15H20F2N2O. The number of amides is 1. The minimum Gasteiger partial charge on any atom is -0.352 e. The number of carbonyl (C=O) groups excluding carboxylic acids is 1. The first-order chi connectivity index (χ1) is 9.58. The summed E-state index contributed by atoms with van der Waals surface area (Å²) in [5, 5.41) is 6.08. The van der Waals surface area contributed by atoms with Crippen LogP contribution in [-0.4, -0.2) is 25.0 Å². The summed E-state index contributed by atoms with van der Waals surface area (Å²) in [4.78, 5) is 11.9. The molecular weight excluding hydrogens is 262 g/mol. The monoisotopic (exact) mass is 282 g/mol. The molecule has 2 rings (SSSR count). The molecule has 1 saturated heterocycles. The Morgan fingerprint density at radius 2 is 2.15 bits per heavy atom. The summed E-state index contributed by atoms with van der Waals surface area (Å²) in [5.74, 6) is -1.94. The van der Waals surface area contributed by atoms with Crippen LogP contribution in [0.5, 0.6) is 0 Å². The van der Waals surface area contributed by atoms with Gasteiger partial charge in [0, 0.05) is 18.7 Å². The number of aryl methyl sites for hydroxylation is 1. The van der Waals surface area contributed by atoms with E-state index < -0.39 is 17.5 Å². The van der Waals surface area contributed by atoms with Crippen molar-refractivity contribution in [2.45, 2.75) is 38.6 Å². The minimum atomic E-state index is -0.818. The number of halogens is 2. The summed E-state index contributed by atoms with van der Waals surface area (Å²) in [6.07, 6.45) is 4.34. The van der Waals surface area contributed by atoms with E-state index >= 15 is 0 Å². The van der Waals surface area contributed by atoms with Crippen molar-refractivity contribution in [2.24, 2.45) is 0 Å². The van der Waals surface area contributed by atoms with E-state index in [1.165, 1.54) is 25.8 Å². The first kappa shape index (κ1) is 14.9. The van der Waals surface area contributed by atoms with Crippen LogP contribution in [0.4, 0.5) is 8.78 Å². The SMILES string of the molecule is Cc1cc(C(=O)NCCC2CCCCN2)c(F)cc1F. The number of carbonyl (C=O) groups is 1. The third kappa shape index (κ3) is 3.76. The van der Waals surface area contributed by atoms with Crippen molar-refractivity contribution in [3.05, 3.63) is 34.9 Å². The molecule has 5 heteroatoms. The third-order valence-electron chi connectivity index (χ3n) is 3.68. The van der Waals surface area contributed by atoms with Gasteiger partial charge in [0.1, 0.15) is 11.6 Å². The molecule has 1 fully saturated rings. The summed E-state index contributed by atoms with van der Waals surface area (Å²) in [6.45, 7) is 3.02. The van der Waals surface area contributed by atoms with Gasteiger partial charge in [-0.15, -0.1) is 0 Å². The lowest BCUT2D eigenvalue weighted by Gasteiger charge is -2.23. The Hall–Kier alpha value is -1.49. The zero-order valence-corrected chi connectivity index (χ0v) is 11.6. The van der Waals surface area contributed by atoms with E-state index in [1.54, 1.807) is 0 Å². The molecule has 1 unspecified atom stereocenters. The Bertz CT molecular complexity index is 485. The van der Waals surface area contributed by atoms with Gasteiger partial charge in [0.05, 0.1) is 5.56 Å². The molecule has 1 aromatic rings. The highest BCUT2D eigenvalue weighted by Gasteiger charge is 2.16. The number of rotatable bonds is 4. The van der Waals surface area contributed by atoms with Crippen molar-refractivity contribution in [3.8, 4) is 0 Å². The smallest absolute Gasteiger partial charge is 0.254 e. The molecule has 1 amide bonds. The number of nitrogens with one attached hydrogen (secondary N) is 2. The van der Waals surface area contributed by atoms with Crippen LogP contribution in [0, 0.1) is 18.6 Å². The summed E-state index contributed by atoms with van der Waals surface area (Å²) in [7, 11) is 0. The molecule has 1 aromatic carbocycles. The molecule has 2 N–H and O–H groups in total. The number of hydrogen-bond acceptors (Lipinski definition) is 2. The largest absolute Gasteiger partial charge is 0.352 e. The first-order valence-electron chi connectivity index (χ1n) is 7.05. The second-order valence-corrected chi connectivity index (χ2v) is 5.27. The van der Waals surface area contributed by atoms with Crippen molar-refractivity contribution in [1.29, 1.82) is 0 Å². The lowest BCUT2D eigenvalue weighted by Crippen LogP contribution is -2.37. The molecule has 0 saturated carbocycles. The topological polar surface area (TPSA) is 41.1 Å². The van der Waals surface area contributed by atoms with Crippen LogP contribution in [0.3, 0.4) is 0 Å². The second kappa shape index (κ2) is 6.79. The number of benzene rings is 1.